The van der Waals surface area contributed by atoms with E-state index in [9.17, 15) is 0 Å². The third kappa shape index (κ3) is 3.84. The van der Waals surface area contributed by atoms with Crippen LogP contribution in [0, 0.1) is 3.57 Å². The molecule has 12 heavy (non-hydrogen) atoms. The molecule has 2 nitrogen and oxygen atoms in total. The number of halogens is 1. The molecule has 1 heterocycles. The summed E-state index contributed by atoms with van der Waals surface area (Å²) >= 11 is 4.05. The van der Waals surface area contributed by atoms with Crippen LogP contribution in [-0.4, -0.2) is 17.8 Å². The van der Waals surface area contributed by atoms with Crippen molar-refractivity contribution in [3.05, 3.63) is 19.9 Å². The summed E-state index contributed by atoms with van der Waals surface area (Å²) in [5, 5.41) is 14.3. The molecule has 0 aliphatic heterocycles. The van der Waals surface area contributed by atoms with Gasteiger partial charge >= 0.3 is 0 Å². The molecule has 68 valence electrons. The van der Waals surface area contributed by atoms with Crippen LogP contribution in [0.15, 0.2) is 11.4 Å². The lowest BCUT2D eigenvalue weighted by atomic mass is 10.4. The molecule has 0 saturated heterocycles. The molecular formula is C8H12INOS. The van der Waals surface area contributed by atoms with E-state index >= 15 is 0 Å². The molecule has 0 saturated carbocycles. The van der Waals surface area contributed by atoms with Gasteiger partial charge in [-0.1, -0.05) is 0 Å². The zero-order valence-electron chi connectivity index (χ0n) is 6.88. The fourth-order valence-electron chi connectivity index (χ4n) is 0.851. The second kappa shape index (κ2) is 5.16. The van der Waals surface area contributed by atoms with E-state index in [1.807, 2.05) is 0 Å². The second-order valence-corrected chi connectivity index (χ2v) is 4.95. The molecule has 2 N–H and O–H groups in total. The molecule has 1 atom stereocenters. The first-order valence-electron chi connectivity index (χ1n) is 3.80. The molecule has 0 fully saturated rings. The molecule has 1 aromatic heterocycles. The minimum atomic E-state index is -0.260. The molecule has 0 amide bonds. The molecule has 0 aromatic carbocycles. The van der Waals surface area contributed by atoms with Crippen LogP contribution in [0.5, 0.6) is 0 Å². The molecule has 4 heteroatoms. The van der Waals surface area contributed by atoms with Gasteiger partial charge in [0.2, 0.25) is 0 Å². The Hall–Kier alpha value is 0.350. The Morgan fingerprint density at radius 1 is 1.75 bits per heavy atom. The standard InChI is InChI=1S/C8H12INOS/c1-6(11)3-10-4-8-2-7(9)5-12-8/h2,5-6,10-11H,3-4H2,1H3/t6-/m1/s1. The van der Waals surface area contributed by atoms with Crippen molar-refractivity contribution in [2.24, 2.45) is 0 Å². The number of thiophene rings is 1. The Morgan fingerprint density at radius 2 is 2.50 bits per heavy atom. The van der Waals surface area contributed by atoms with Crippen LogP contribution in [0.1, 0.15) is 11.8 Å². The number of hydrogen-bond donors (Lipinski definition) is 2. The Labute approximate surface area is 90.1 Å². The van der Waals surface area contributed by atoms with Crippen LogP contribution in [0.25, 0.3) is 0 Å². The van der Waals surface area contributed by atoms with E-state index in [0.717, 1.165) is 6.54 Å². The third-order valence-corrected chi connectivity index (χ3v) is 3.34. The van der Waals surface area contributed by atoms with Gasteiger partial charge in [-0.15, -0.1) is 11.3 Å². The molecule has 0 radical (unpaired) electrons. The van der Waals surface area contributed by atoms with Gasteiger partial charge in [-0.05, 0) is 35.6 Å². The Morgan fingerprint density at radius 3 is 3.00 bits per heavy atom. The molecule has 0 aliphatic rings. The molecule has 0 spiro atoms. The third-order valence-electron chi connectivity index (χ3n) is 1.36. The molecule has 0 bridgehead atoms. The first-order valence-corrected chi connectivity index (χ1v) is 5.76. The summed E-state index contributed by atoms with van der Waals surface area (Å²) in [5.41, 5.74) is 0. The lowest BCUT2D eigenvalue weighted by Gasteiger charge is -2.04. The van der Waals surface area contributed by atoms with E-state index in [1.165, 1.54) is 8.45 Å². The minimum Gasteiger partial charge on any atom is -0.392 e. The van der Waals surface area contributed by atoms with Crippen molar-refractivity contribution in [2.75, 3.05) is 6.54 Å². The molecule has 1 rings (SSSR count). The molecular weight excluding hydrogens is 285 g/mol. The van der Waals surface area contributed by atoms with E-state index in [1.54, 1.807) is 18.3 Å². The van der Waals surface area contributed by atoms with E-state index in [4.69, 9.17) is 5.11 Å². The van der Waals surface area contributed by atoms with Crippen molar-refractivity contribution in [3.63, 3.8) is 0 Å². The highest BCUT2D eigenvalue weighted by molar-refractivity contribution is 14.1. The predicted octanol–water partition coefficient (Wildman–Crippen LogP) is 1.82. The zero-order valence-corrected chi connectivity index (χ0v) is 9.85. The zero-order chi connectivity index (χ0) is 8.97. The number of nitrogens with one attached hydrogen (secondary N) is 1. The Bertz CT molecular complexity index is 237. The summed E-state index contributed by atoms with van der Waals surface area (Å²) in [6, 6.07) is 2.15. The van der Waals surface area contributed by atoms with Gasteiger partial charge in [-0.25, -0.2) is 0 Å². The molecule has 0 unspecified atom stereocenters. The largest absolute Gasteiger partial charge is 0.392 e. The first kappa shape index (κ1) is 10.4. The van der Waals surface area contributed by atoms with Crippen molar-refractivity contribution >= 4 is 33.9 Å². The number of aliphatic hydroxyl groups is 1. The fraction of sp³-hybridized carbons (Fsp3) is 0.500. The lowest BCUT2D eigenvalue weighted by Crippen LogP contribution is -2.23. The first-order chi connectivity index (χ1) is 5.68. The van der Waals surface area contributed by atoms with Gasteiger partial charge in [0.25, 0.3) is 0 Å². The maximum atomic E-state index is 8.98. The van der Waals surface area contributed by atoms with Crippen molar-refractivity contribution < 1.29 is 5.11 Å². The highest BCUT2D eigenvalue weighted by Gasteiger charge is 1.98. The average Bonchev–Trinajstić information content (AvgIpc) is 2.35. The number of aliphatic hydroxyl groups excluding tert-OH is 1. The fourth-order valence-corrected chi connectivity index (χ4v) is 2.53. The summed E-state index contributed by atoms with van der Waals surface area (Å²) in [6.45, 7) is 3.30. The SMILES string of the molecule is C[C@@H](O)CNCc1cc(I)cs1. The molecule has 0 aliphatic carbocycles. The van der Waals surface area contributed by atoms with Gasteiger partial charge in [0, 0.05) is 26.9 Å². The van der Waals surface area contributed by atoms with Gasteiger partial charge in [0.15, 0.2) is 0 Å². The maximum absolute atomic E-state index is 8.98. The highest BCUT2D eigenvalue weighted by Crippen LogP contribution is 2.15. The van der Waals surface area contributed by atoms with Gasteiger partial charge in [0.1, 0.15) is 0 Å². The molecule has 1 aromatic rings. The highest BCUT2D eigenvalue weighted by atomic mass is 127. The van der Waals surface area contributed by atoms with E-state index in [0.29, 0.717) is 6.54 Å². The summed E-state index contributed by atoms with van der Waals surface area (Å²) in [4.78, 5) is 1.32. The smallest absolute Gasteiger partial charge is 0.0636 e. The van der Waals surface area contributed by atoms with Gasteiger partial charge in [-0.3, -0.25) is 0 Å². The average molecular weight is 297 g/mol. The topological polar surface area (TPSA) is 32.3 Å². The van der Waals surface area contributed by atoms with Crippen molar-refractivity contribution in [1.29, 1.82) is 0 Å². The number of hydrogen-bond acceptors (Lipinski definition) is 3. The van der Waals surface area contributed by atoms with Gasteiger partial charge < -0.3 is 10.4 Å². The van der Waals surface area contributed by atoms with E-state index in [2.05, 4.69) is 39.4 Å². The quantitative estimate of drug-likeness (QED) is 0.831. The van der Waals surface area contributed by atoms with Crippen LogP contribution in [0.4, 0.5) is 0 Å². The maximum Gasteiger partial charge on any atom is 0.0636 e. The lowest BCUT2D eigenvalue weighted by molar-refractivity contribution is 0.191. The second-order valence-electron chi connectivity index (χ2n) is 2.71. The van der Waals surface area contributed by atoms with Gasteiger partial charge in [0.05, 0.1) is 6.10 Å². The minimum absolute atomic E-state index is 0.260. The summed E-state index contributed by atoms with van der Waals surface area (Å²) < 4.78 is 1.28. The van der Waals surface area contributed by atoms with Crippen molar-refractivity contribution in [3.8, 4) is 0 Å². The summed E-state index contributed by atoms with van der Waals surface area (Å²) in [5.74, 6) is 0. The van der Waals surface area contributed by atoms with Crippen LogP contribution < -0.4 is 5.32 Å². The summed E-state index contributed by atoms with van der Waals surface area (Å²) in [7, 11) is 0. The van der Waals surface area contributed by atoms with Crippen LogP contribution in [-0.2, 0) is 6.54 Å². The Kier molecular flexibility index (Phi) is 4.49. The van der Waals surface area contributed by atoms with E-state index in [-0.39, 0.29) is 6.10 Å². The van der Waals surface area contributed by atoms with E-state index < -0.39 is 0 Å². The number of rotatable bonds is 4. The Balaban J connectivity index is 2.24. The normalized spacial score (nSPS) is 13.2. The van der Waals surface area contributed by atoms with Crippen LogP contribution in [0.3, 0.4) is 0 Å². The van der Waals surface area contributed by atoms with Crippen LogP contribution >= 0.6 is 33.9 Å². The van der Waals surface area contributed by atoms with Crippen molar-refractivity contribution in [1.82, 2.24) is 5.32 Å². The van der Waals surface area contributed by atoms with Crippen LogP contribution in [0.2, 0.25) is 0 Å². The summed E-state index contributed by atoms with van der Waals surface area (Å²) in [6.07, 6.45) is -0.260. The predicted molar refractivity (Wildman–Crippen MR) is 60.4 cm³/mol. The monoisotopic (exact) mass is 297 g/mol. The van der Waals surface area contributed by atoms with Crippen molar-refractivity contribution in [2.45, 2.75) is 19.6 Å². The van der Waals surface area contributed by atoms with Gasteiger partial charge in [-0.2, -0.15) is 0 Å².